The smallest absolute Gasteiger partial charge is 0.0181 e. The first-order valence-corrected chi connectivity index (χ1v) is 9.03. The van der Waals surface area contributed by atoms with Crippen LogP contribution in [0.4, 0.5) is 0 Å². The van der Waals surface area contributed by atoms with E-state index in [1.165, 1.54) is 74.1 Å². The third-order valence-corrected chi connectivity index (χ3v) is 4.29. The van der Waals surface area contributed by atoms with Gasteiger partial charge in [-0.25, -0.2) is 0 Å². The molecular weight excluding hydrogens is 264 g/mol. The van der Waals surface area contributed by atoms with Crippen LogP contribution in [0.25, 0.3) is 10.8 Å². The Morgan fingerprint density at radius 2 is 1.45 bits per heavy atom. The van der Waals surface area contributed by atoms with E-state index in [1.54, 1.807) is 0 Å². The monoisotopic (exact) mass is 294 g/mol. The SMILES string of the molecule is CCCCCC/C=C/CCCCc1ccc2ccccc2c1. The Balaban J connectivity index is 1.60. The van der Waals surface area contributed by atoms with Crippen LogP contribution in [0.3, 0.4) is 0 Å². The number of benzene rings is 2. The average Bonchev–Trinajstić information content (AvgIpc) is 2.56. The number of allylic oxidation sites excluding steroid dienone is 2. The summed E-state index contributed by atoms with van der Waals surface area (Å²) < 4.78 is 0. The van der Waals surface area contributed by atoms with Crippen molar-refractivity contribution in [3.8, 4) is 0 Å². The van der Waals surface area contributed by atoms with E-state index in [-0.39, 0.29) is 0 Å². The van der Waals surface area contributed by atoms with Crippen molar-refractivity contribution in [3.63, 3.8) is 0 Å². The van der Waals surface area contributed by atoms with E-state index in [9.17, 15) is 0 Å². The van der Waals surface area contributed by atoms with Gasteiger partial charge in [-0.15, -0.1) is 0 Å². The number of hydrogen-bond donors (Lipinski definition) is 0. The van der Waals surface area contributed by atoms with Crippen LogP contribution < -0.4 is 0 Å². The second-order valence-electron chi connectivity index (χ2n) is 6.25. The molecule has 2 aromatic rings. The summed E-state index contributed by atoms with van der Waals surface area (Å²) >= 11 is 0. The first-order chi connectivity index (χ1) is 10.9. The molecule has 0 atom stereocenters. The predicted octanol–water partition coefficient (Wildman–Crippen LogP) is 7.08. The Hall–Kier alpha value is -1.56. The van der Waals surface area contributed by atoms with Crippen molar-refractivity contribution in [1.29, 1.82) is 0 Å². The lowest BCUT2D eigenvalue weighted by molar-refractivity contribution is 0.672. The highest BCUT2D eigenvalue weighted by Crippen LogP contribution is 2.17. The van der Waals surface area contributed by atoms with Gasteiger partial charge in [0.05, 0.1) is 0 Å². The molecule has 0 heterocycles. The largest absolute Gasteiger partial charge is 0.0885 e. The van der Waals surface area contributed by atoms with Crippen molar-refractivity contribution in [1.82, 2.24) is 0 Å². The molecule has 0 heteroatoms. The maximum absolute atomic E-state index is 2.38. The number of aryl methyl sites for hydroxylation is 1. The highest BCUT2D eigenvalue weighted by molar-refractivity contribution is 5.82. The second kappa shape index (κ2) is 10.2. The number of rotatable bonds is 10. The van der Waals surface area contributed by atoms with Crippen molar-refractivity contribution >= 4 is 10.8 Å². The van der Waals surface area contributed by atoms with Crippen LogP contribution in [-0.4, -0.2) is 0 Å². The van der Waals surface area contributed by atoms with Crippen molar-refractivity contribution in [2.45, 2.75) is 64.7 Å². The molecule has 0 aliphatic heterocycles. The van der Waals surface area contributed by atoms with E-state index < -0.39 is 0 Å². The van der Waals surface area contributed by atoms with Crippen molar-refractivity contribution in [3.05, 3.63) is 60.2 Å². The molecular formula is C22H30. The zero-order valence-corrected chi connectivity index (χ0v) is 14.1. The molecule has 0 fully saturated rings. The van der Waals surface area contributed by atoms with Gasteiger partial charge in [-0.05, 0) is 54.9 Å². The van der Waals surface area contributed by atoms with E-state index in [0.717, 1.165) is 0 Å². The van der Waals surface area contributed by atoms with Crippen molar-refractivity contribution in [2.24, 2.45) is 0 Å². The van der Waals surface area contributed by atoms with E-state index in [2.05, 4.69) is 61.5 Å². The van der Waals surface area contributed by atoms with Crippen LogP contribution in [-0.2, 0) is 6.42 Å². The molecule has 0 amide bonds. The Labute approximate surface area is 136 Å². The molecule has 0 spiro atoms. The Morgan fingerprint density at radius 3 is 2.23 bits per heavy atom. The lowest BCUT2D eigenvalue weighted by Crippen LogP contribution is -1.85. The maximum Gasteiger partial charge on any atom is -0.0181 e. The number of unbranched alkanes of at least 4 members (excludes halogenated alkanes) is 6. The third-order valence-electron chi connectivity index (χ3n) is 4.29. The van der Waals surface area contributed by atoms with Gasteiger partial charge in [-0.1, -0.05) is 80.8 Å². The van der Waals surface area contributed by atoms with Gasteiger partial charge in [0.2, 0.25) is 0 Å². The zero-order valence-electron chi connectivity index (χ0n) is 14.1. The zero-order chi connectivity index (χ0) is 15.5. The summed E-state index contributed by atoms with van der Waals surface area (Å²) in [7, 11) is 0. The topological polar surface area (TPSA) is 0 Å². The molecule has 2 rings (SSSR count). The molecule has 118 valence electrons. The van der Waals surface area contributed by atoms with Crippen LogP contribution in [0.1, 0.15) is 63.9 Å². The molecule has 0 aliphatic carbocycles. The van der Waals surface area contributed by atoms with Crippen LogP contribution >= 0.6 is 0 Å². The van der Waals surface area contributed by atoms with Crippen LogP contribution in [0.2, 0.25) is 0 Å². The minimum absolute atomic E-state index is 1.20. The van der Waals surface area contributed by atoms with Crippen molar-refractivity contribution < 1.29 is 0 Å². The first kappa shape index (κ1) is 16.8. The highest BCUT2D eigenvalue weighted by atomic mass is 14.0. The Kier molecular flexibility index (Phi) is 7.80. The van der Waals surface area contributed by atoms with E-state index >= 15 is 0 Å². The molecule has 0 radical (unpaired) electrons. The van der Waals surface area contributed by atoms with Gasteiger partial charge in [0.1, 0.15) is 0 Å². The summed E-state index contributed by atoms with van der Waals surface area (Å²) in [5.41, 5.74) is 1.47. The standard InChI is InChI=1S/C22H30/c1-2-3-4-5-6-7-8-9-10-11-14-20-17-18-21-15-12-13-16-22(21)19-20/h7-8,12-13,15-19H,2-6,9-11,14H2,1H3/b8-7+. The van der Waals surface area contributed by atoms with E-state index in [1.807, 2.05) is 0 Å². The number of hydrogen-bond acceptors (Lipinski definition) is 0. The average molecular weight is 294 g/mol. The molecule has 0 aliphatic rings. The quantitative estimate of drug-likeness (QED) is 0.324. The predicted molar refractivity (Wildman–Crippen MR) is 99.4 cm³/mol. The fourth-order valence-electron chi connectivity index (χ4n) is 2.91. The lowest BCUT2D eigenvalue weighted by Gasteiger charge is -2.03. The summed E-state index contributed by atoms with van der Waals surface area (Å²) in [4.78, 5) is 0. The minimum Gasteiger partial charge on any atom is -0.0885 e. The third kappa shape index (κ3) is 6.05. The van der Waals surface area contributed by atoms with Crippen LogP contribution in [0.5, 0.6) is 0 Å². The number of fused-ring (bicyclic) bond motifs is 1. The lowest BCUT2D eigenvalue weighted by atomic mass is 10.0. The van der Waals surface area contributed by atoms with E-state index in [0.29, 0.717) is 0 Å². The van der Waals surface area contributed by atoms with Crippen molar-refractivity contribution in [2.75, 3.05) is 0 Å². The van der Waals surface area contributed by atoms with Gasteiger partial charge >= 0.3 is 0 Å². The van der Waals surface area contributed by atoms with Crippen LogP contribution in [0, 0.1) is 0 Å². The molecule has 0 saturated carbocycles. The molecule has 2 aromatic carbocycles. The summed E-state index contributed by atoms with van der Waals surface area (Å²) in [6, 6.07) is 15.5. The molecule has 0 unspecified atom stereocenters. The molecule has 0 saturated heterocycles. The normalized spacial score (nSPS) is 11.5. The second-order valence-corrected chi connectivity index (χ2v) is 6.25. The van der Waals surface area contributed by atoms with Gasteiger partial charge in [-0.3, -0.25) is 0 Å². The fraction of sp³-hybridized carbons (Fsp3) is 0.455. The minimum atomic E-state index is 1.20. The van der Waals surface area contributed by atoms with Gasteiger partial charge in [0, 0.05) is 0 Å². The summed E-state index contributed by atoms with van der Waals surface area (Å²) in [5, 5.41) is 2.71. The van der Waals surface area contributed by atoms with Gasteiger partial charge in [0.25, 0.3) is 0 Å². The molecule has 0 aromatic heterocycles. The molecule has 22 heavy (non-hydrogen) atoms. The Bertz CT molecular complexity index is 565. The summed E-state index contributed by atoms with van der Waals surface area (Å²) in [6.07, 6.45) is 16.5. The molecule has 0 N–H and O–H groups in total. The maximum atomic E-state index is 2.38. The summed E-state index contributed by atoms with van der Waals surface area (Å²) in [6.45, 7) is 2.27. The van der Waals surface area contributed by atoms with Gasteiger partial charge in [-0.2, -0.15) is 0 Å². The molecule has 0 bridgehead atoms. The molecule has 0 nitrogen and oxygen atoms in total. The Morgan fingerprint density at radius 1 is 0.727 bits per heavy atom. The first-order valence-electron chi connectivity index (χ1n) is 9.03. The fourth-order valence-corrected chi connectivity index (χ4v) is 2.91. The van der Waals surface area contributed by atoms with Gasteiger partial charge in [0.15, 0.2) is 0 Å². The summed E-state index contributed by atoms with van der Waals surface area (Å²) in [5.74, 6) is 0. The van der Waals surface area contributed by atoms with Gasteiger partial charge < -0.3 is 0 Å². The van der Waals surface area contributed by atoms with E-state index in [4.69, 9.17) is 0 Å². The van der Waals surface area contributed by atoms with Crippen LogP contribution in [0.15, 0.2) is 54.6 Å². The highest BCUT2D eigenvalue weighted by Gasteiger charge is 1.96.